The van der Waals surface area contributed by atoms with Gasteiger partial charge in [-0.15, -0.1) is 0 Å². The fourth-order valence-electron chi connectivity index (χ4n) is 5.09. The van der Waals surface area contributed by atoms with E-state index in [-0.39, 0.29) is 24.0 Å². The highest BCUT2D eigenvalue weighted by Gasteiger charge is 2.33. The lowest BCUT2D eigenvalue weighted by Gasteiger charge is -2.41. The summed E-state index contributed by atoms with van der Waals surface area (Å²) in [6.07, 6.45) is 10.8. The highest BCUT2D eigenvalue weighted by molar-refractivity contribution is 5.97. The molecule has 32 heavy (non-hydrogen) atoms. The Kier molecular flexibility index (Phi) is 5.97. The van der Waals surface area contributed by atoms with Crippen molar-refractivity contribution in [2.24, 2.45) is 0 Å². The normalized spacial score (nSPS) is 21.4. The van der Waals surface area contributed by atoms with E-state index in [1.807, 2.05) is 46.2 Å². The van der Waals surface area contributed by atoms with Crippen molar-refractivity contribution in [2.45, 2.75) is 57.1 Å². The Morgan fingerprint density at radius 2 is 1.72 bits per heavy atom. The van der Waals surface area contributed by atoms with E-state index in [0.29, 0.717) is 25.1 Å². The van der Waals surface area contributed by atoms with Crippen molar-refractivity contribution in [1.82, 2.24) is 4.90 Å². The maximum absolute atomic E-state index is 13.0. The Labute approximate surface area is 189 Å². The number of hydrogen-bond acceptors (Lipinski definition) is 3. The third-order valence-electron chi connectivity index (χ3n) is 6.84. The number of fused-ring (bicyclic) bond motifs is 1. The third-order valence-corrected chi connectivity index (χ3v) is 6.84. The van der Waals surface area contributed by atoms with Gasteiger partial charge >= 0.3 is 0 Å². The van der Waals surface area contributed by atoms with E-state index in [0.717, 1.165) is 50.0 Å². The highest BCUT2D eigenvalue weighted by Crippen LogP contribution is 2.32. The predicted molar refractivity (Wildman–Crippen MR) is 125 cm³/mol. The van der Waals surface area contributed by atoms with Gasteiger partial charge < -0.3 is 14.5 Å². The first kappa shape index (κ1) is 20.8. The summed E-state index contributed by atoms with van der Waals surface area (Å²) in [5, 5.41) is 0. The number of amides is 2. The molecule has 2 amide bonds. The molecule has 1 atom stereocenters. The van der Waals surface area contributed by atoms with E-state index in [1.165, 1.54) is 5.56 Å². The smallest absolute Gasteiger partial charge is 0.253 e. The van der Waals surface area contributed by atoms with Crippen LogP contribution in [0.4, 0.5) is 5.69 Å². The lowest BCUT2D eigenvalue weighted by molar-refractivity contribution is -0.119. The van der Waals surface area contributed by atoms with E-state index < -0.39 is 0 Å². The standard InChI is InChI=1S/C27H30N2O3/c30-26-15-12-20-6-4-5-9-25(20)29(26)22-16-18-28(19-17-22)27(31)21-10-13-24(14-11-21)32-23-7-2-1-3-8-23/h2,4-7,9-11,13-14,22-23H,1,3,8,12,15-19H2. The number of likely N-dealkylation sites (tertiary alicyclic amines) is 1. The average Bonchev–Trinajstić information content (AvgIpc) is 2.85. The van der Waals surface area contributed by atoms with Crippen LogP contribution < -0.4 is 9.64 Å². The summed E-state index contributed by atoms with van der Waals surface area (Å²) in [5.74, 6) is 1.06. The molecule has 2 heterocycles. The summed E-state index contributed by atoms with van der Waals surface area (Å²) in [6, 6.07) is 15.9. The largest absolute Gasteiger partial charge is 0.486 e. The minimum absolute atomic E-state index is 0.0536. The molecule has 0 saturated carbocycles. The number of ether oxygens (including phenoxy) is 1. The second-order valence-electron chi connectivity index (χ2n) is 8.96. The van der Waals surface area contributed by atoms with Crippen molar-refractivity contribution in [1.29, 1.82) is 0 Å². The molecule has 1 aliphatic carbocycles. The predicted octanol–water partition coefficient (Wildman–Crippen LogP) is 4.76. The van der Waals surface area contributed by atoms with Crippen LogP contribution in [0.1, 0.15) is 54.4 Å². The molecule has 0 aromatic heterocycles. The molecular weight excluding hydrogens is 400 g/mol. The summed E-state index contributed by atoms with van der Waals surface area (Å²) in [6.45, 7) is 1.33. The van der Waals surface area contributed by atoms with Crippen molar-refractivity contribution < 1.29 is 14.3 Å². The second-order valence-corrected chi connectivity index (χ2v) is 8.96. The van der Waals surface area contributed by atoms with Gasteiger partial charge in [-0.2, -0.15) is 0 Å². The van der Waals surface area contributed by atoms with Gasteiger partial charge in [0.25, 0.3) is 5.91 Å². The average molecular weight is 431 g/mol. The van der Waals surface area contributed by atoms with Crippen LogP contribution in [0, 0.1) is 0 Å². The first-order chi connectivity index (χ1) is 15.7. The van der Waals surface area contributed by atoms with Gasteiger partial charge in [0.1, 0.15) is 11.9 Å². The van der Waals surface area contributed by atoms with E-state index in [2.05, 4.69) is 24.3 Å². The van der Waals surface area contributed by atoms with Crippen LogP contribution in [0.25, 0.3) is 0 Å². The lowest BCUT2D eigenvalue weighted by atomic mass is 9.95. The molecule has 2 aromatic carbocycles. The number of allylic oxidation sites excluding steroid dienone is 1. The topological polar surface area (TPSA) is 49.9 Å². The second kappa shape index (κ2) is 9.19. The van der Waals surface area contributed by atoms with Gasteiger partial charge in [-0.1, -0.05) is 24.3 Å². The van der Waals surface area contributed by atoms with Crippen LogP contribution >= 0.6 is 0 Å². The Hall–Kier alpha value is -3.08. The number of nitrogens with zero attached hydrogens (tertiary/aromatic N) is 2. The number of rotatable bonds is 4. The summed E-state index contributed by atoms with van der Waals surface area (Å²) in [5.41, 5.74) is 2.99. The van der Waals surface area contributed by atoms with Gasteiger partial charge in [-0.3, -0.25) is 9.59 Å². The van der Waals surface area contributed by atoms with Crippen molar-refractivity contribution in [3.05, 3.63) is 71.8 Å². The van der Waals surface area contributed by atoms with Crippen LogP contribution in [0.2, 0.25) is 0 Å². The number of aryl methyl sites for hydroxylation is 1. The number of benzene rings is 2. The summed E-state index contributed by atoms with van der Waals surface area (Å²) < 4.78 is 6.01. The Morgan fingerprint density at radius 1 is 0.938 bits per heavy atom. The van der Waals surface area contributed by atoms with Crippen LogP contribution in [-0.2, 0) is 11.2 Å². The third kappa shape index (κ3) is 4.29. The van der Waals surface area contributed by atoms with Crippen molar-refractivity contribution in [3.63, 3.8) is 0 Å². The Morgan fingerprint density at radius 3 is 2.47 bits per heavy atom. The maximum atomic E-state index is 13.0. The zero-order valence-corrected chi connectivity index (χ0v) is 18.4. The van der Waals surface area contributed by atoms with Gasteiger partial charge in [-0.25, -0.2) is 0 Å². The molecule has 2 aliphatic heterocycles. The molecule has 5 rings (SSSR count). The number of piperidine rings is 1. The molecule has 1 saturated heterocycles. The van der Waals surface area contributed by atoms with Crippen LogP contribution in [-0.4, -0.2) is 41.9 Å². The summed E-state index contributed by atoms with van der Waals surface area (Å²) in [7, 11) is 0. The summed E-state index contributed by atoms with van der Waals surface area (Å²) in [4.78, 5) is 29.6. The quantitative estimate of drug-likeness (QED) is 0.657. The Bertz CT molecular complexity index is 1010. The number of anilines is 1. The van der Waals surface area contributed by atoms with Gasteiger partial charge in [0.15, 0.2) is 0 Å². The van der Waals surface area contributed by atoms with Gasteiger partial charge in [-0.05, 0) is 80.5 Å². The monoisotopic (exact) mass is 430 g/mol. The van der Waals surface area contributed by atoms with Gasteiger partial charge in [0.05, 0.1) is 0 Å². The highest BCUT2D eigenvalue weighted by atomic mass is 16.5. The zero-order valence-electron chi connectivity index (χ0n) is 18.4. The molecule has 3 aliphatic rings. The van der Waals surface area contributed by atoms with Crippen LogP contribution in [0.3, 0.4) is 0 Å². The van der Waals surface area contributed by atoms with Crippen molar-refractivity contribution >= 4 is 17.5 Å². The van der Waals surface area contributed by atoms with E-state index in [4.69, 9.17) is 4.74 Å². The molecule has 0 bridgehead atoms. The molecule has 0 N–H and O–H groups in total. The number of carbonyl (C=O) groups is 2. The fraction of sp³-hybridized carbons (Fsp3) is 0.407. The van der Waals surface area contributed by atoms with Crippen LogP contribution in [0.5, 0.6) is 5.75 Å². The fourth-order valence-corrected chi connectivity index (χ4v) is 5.09. The molecule has 1 unspecified atom stereocenters. The molecule has 1 fully saturated rings. The Balaban J connectivity index is 1.20. The lowest BCUT2D eigenvalue weighted by Crippen LogP contribution is -2.50. The van der Waals surface area contributed by atoms with Gasteiger partial charge in [0, 0.05) is 36.8 Å². The molecule has 0 spiro atoms. The summed E-state index contributed by atoms with van der Waals surface area (Å²) >= 11 is 0. The SMILES string of the molecule is O=C(c1ccc(OC2C=CCCC2)cc1)N1CCC(N2C(=O)CCc3ccccc32)CC1. The molecule has 5 heteroatoms. The minimum Gasteiger partial charge on any atom is -0.486 e. The first-order valence-corrected chi connectivity index (χ1v) is 11.8. The molecular formula is C27H30N2O3. The molecule has 5 nitrogen and oxygen atoms in total. The molecule has 2 aromatic rings. The van der Waals surface area contributed by atoms with Gasteiger partial charge in [0.2, 0.25) is 5.91 Å². The maximum Gasteiger partial charge on any atom is 0.253 e. The zero-order chi connectivity index (χ0) is 21.9. The van der Waals surface area contributed by atoms with Crippen molar-refractivity contribution in [3.8, 4) is 5.75 Å². The molecule has 0 radical (unpaired) electrons. The van der Waals surface area contributed by atoms with Crippen LogP contribution in [0.15, 0.2) is 60.7 Å². The van der Waals surface area contributed by atoms with E-state index >= 15 is 0 Å². The first-order valence-electron chi connectivity index (χ1n) is 11.8. The van der Waals surface area contributed by atoms with E-state index in [1.54, 1.807) is 0 Å². The number of carbonyl (C=O) groups excluding carboxylic acids is 2. The van der Waals surface area contributed by atoms with Crippen molar-refractivity contribution in [2.75, 3.05) is 18.0 Å². The molecule has 166 valence electrons. The number of para-hydroxylation sites is 1. The van der Waals surface area contributed by atoms with E-state index in [9.17, 15) is 9.59 Å². The minimum atomic E-state index is 0.0536. The number of hydrogen-bond donors (Lipinski definition) is 0.